The summed E-state index contributed by atoms with van der Waals surface area (Å²) in [4.78, 5) is 13.1. The molecule has 2 heterocycles. The minimum absolute atomic E-state index is 0.111. The maximum absolute atomic E-state index is 13.1. The first-order chi connectivity index (χ1) is 16.4. The van der Waals surface area contributed by atoms with Crippen molar-refractivity contribution >= 4 is 5.91 Å². The van der Waals surface area contributed by atoms with E-state index in [0.717, 1.165) is 31.6 Å². The van der Waals surface area contributed by atoms with Crippen molar-refractivity contribution in [3.63, 3.8) is 0 Å². The first kappa shape index (κ1) is 24.3. The Morgan fingerprint density at radius 1 is 1.03 bits per heavy atom. The van der Waals surface area contributed by atoms with Crippen LogP contribution in [0.25, 0.3) is 0 Å². The van der Waals surface area contributed by atoms with Gasteiger partial charge in [-0.1, -0.05) is 60.2 Å². The van der Waals surface area contributed by atoms with Crippen LogP contribution in [-0.4, -0.2) is 24.7 Å². The summed E-state index contributed by atoms with van der Waals surface area (Å²) in [6, 6.07) is 23.0. The molecule has 0 radical (unpaired) electrons. The molecule has 34 heavy (non-hydrogen) atoms. The summed E-state index contributed by atoms with van der Waals surface area (Å²) >= 11 is 0. The quantitative estimate of drug-likeness (QED) is 0.392. The summed E-state index contributed by atoms with van der Waals surface area (Å²) in [7, 11) is 0. The van der Waals surface area contributed by atoms with Gasteiger partial charge in [-0.3, -0.25) is 4.79 Å². The predicted octanol–water partition coefficient (Wildman–Crippen LogP) is 6.61. The lowest BCUT2D eigenvalue weighted by Crippen LogP contribution is -2.37. The Bertz CT molecular complexity index is 1020. The van der Waals surface area contributed by atoms with E-state index in [2.05, 4.69) is 74.6 Å². The molecular weight excluding hydrogens is 422 g/mol. The van der Waals surface area contributed by atoms with Gasteiger partial charge in [-0.05, 0) is 75.1 Å². The molecule has 0 bridgehead atoms. The zero-order chi connectivity index (χ0) is 24.0. The highest BCUT2D eigenvalue weighted by atomic mass is 16.5. The van der Waals surface area contributed by atoms with Crippen LogP contribution in [0, 0.1) is 12.8 Å². The van der Waals surface area contributed by atoms with Gasteiger partial charge in [0.2, 0.25) is 5.91 Å². The van der Waals surface area contributed by atoms with E-state index in [1.807, 2.05) is 18.2 Å². The number of carbonyl (C=O) groups is 1. The summed E-state index contributed by atoms with van der Waals surface area (Å²) in [5, 5.41) is 3.20. The molecule has 0 aliphatic carbocycles. The molecule has 1 N–H and O–H groups in total. The van der Waals surface area contributed by atoms with E-state index in [1.165, 1.54) is 16.7 Å². The van der Waals surface area contributed by atoms with Crippen LogP contribution in [0.4, 0.5) is 0 Å². The molecule has 0 unspecified atom stereocenters. The molecule has 1 aliphatic rings. The molecule has 1 fully saturated rings. The van der Waals surface area contributed by atoms with Gasteiger partial charge in [0.25, 0.3) is 0 Å². The van der Waals surface area contributed by atoms with Crippen molar-refractivity contribution in [2.45, 2.75) is 63.9 Å². The zero-order valence-electron chi connectivity index (χ0n) is 20.6. The Hall–Kier alpha value is -2.85. The fraction of sp³-hybridized carbons (Fsp3) is 0.433. The Morgan fingerprint density at radius 2 is 1.79 bits per heavy atom. The lowest BCUT2D eigenvalue weighted by atomic mass is 9.75. The van der Waals surface area contributed by atoms with Gasteiger partial charge in [0.05, 0.1) is 11.9 Å². The maximum Gasteiger partial charge on any atom is 0.220 e. The molecule has 180 valence electrons. The van der Waals surface area contributed by atoms with Gasteiger partial charge in [-0.15, -0.1) is 0 Å². The maximum atomic E-state index is 13.1. The van der Waals surface area contributed by atoms with Gasteiger partial charge in [0, 0.05) is 25.5 Å². The van der Waals surface area contributed by atoms with Gasteiger partial charge < -0.3 is 14.5 Å². The molecule has 0 spiro atoms. The first-order valence-electron chi connectivity index (χ1n) is 12.5. The minimum atomic E-state index is -0.142. The lowest BCUT2D eigenvalue weighted by Gasteiger charge is -2.39. The Balaban J connectivity index is 1.40. The van der Waals surface area contributed by atoms with E-state index < -0.39 is 0 Å². The van der Waals surface area contributed by atoms with Crippen molar-refractivity contribution < 1.29 is 13.9 Å². The van der Waals surface area contributed by atoms with Crippen LogP contribution in [0.2, 0.25) is 0 Å². The minimum Gasteiger partial charge on any atom is -0.469 e. The molecule has 3 atom stereocenters. The molecule has 3 aromatic rings. The predicted molar refractivity (Wildman–Crippen MR) is 136 cm³/mol. The summed E-state index contributed by atoms with van der Waals surface area (Å²) in [6.07, 6.45) is 4.97. The third kappa shape index (κ3) is 6.38. The number of aryl methyl sites for hydroxylation is 1. The molecule has 1 amide bonds. The fourth-order valence-corrected chi connectivity index (χ4v) is 5.27. The Labute approximate surface area is 203 Å². The van der Waals surface area contributed by atoms with E-state index in [9.17, 15) is 4.79 Å². The summed E-state index contributed by atoms with van der Waals surface area (Å²) in [5.41, 5.74) is 3.55. The van der Waals surface area contributed by atoms with Crippen molar-refractivity contribution in [2.75, 3.05) is 13.2 Å². The van der Waals surface area contributed by atoms with Crippen molar-refractivity contribution in [3.05, 3.63) is 95.4 Å². The van der Waals surface area contributed by atoms with E-state index >= 15 is 0 Å². The number of hydrogen-bond donors (Lipinski definition) is 1. The normalized spacial score (nSPS) is 19.3. The third-order valence-electron chi connectivity index (χ3n) is 7.06. The highest BCUT2D eigenvalue weighted by Gasteiger charge is 2.35. The second kappa shape index (κ2) is 11.1. The van der Waals surface area contributed by atoms with E-state index in [4.69, 9.17) is 9.15 Å². The van der Waals surface area contributed by atoms with Crippen LogP contribution in [0.5, 0.6) is 0 Å². The van der Waals surface area contributed by atoms with E-state index in [1.54, 1.807) is 6.26 Å². The molecule has 1 aliphatic heterocycles. The average molecular weight is 460 g/mol. The van der Waals surface area contributed by atoms with Crippen LogP contribution in [0.3, 0.4) is 0 Å². The number of nitrogens with one attached hydrogen (secondary N) is 1. The lowest BCUT2D eigenvalue weighted by molar-refractivity contribution is -0.123. The van der Waals surface area contributed by atoms with Crippen LogP contribution in [0.15, 0.2) is 77.4 Å². The molecule has 4 rings (SSSR count). The van der Waals surface area contributed by atoms with Gasteiger partial charge in [-0.2, -0.15) is 0 Å². The van der Waals surface area contributed by atoms with Crippen LogP contribution in [-0.2, 0) is 9.53 Å². The van der Waals surface area contributed by atoms with Crippen molar-refractivity contribution in [1.29, 1.82) is 0 Å². The van der Waals surface area contributed by atoms with Gasteiger partial charge in [0.1, 0.15) is 5.76 Å². The molecule has 1 saturated heterocycles. The number of furan rings is 1. The summed E-state index contributed by atoms with van der Waals surface area (Å²) in [6.45, 7) is 7.76. The smallest absolute Gasteiger partial charge is 0.220 e. The van der Waals surface area contributed by atoms with Crippen LogP contribution >= 0.6 is 0 Å². The van der Waals surface area contributed by atoms with Crippen molar-refractivity contribution in [2.24, 2.45) is 5.92 Å². The van der Waals surface area contributed by atoms with Gasteiger partial charge >= 0.3 is 0 Å². The second-order valence-electron chi connectivity index (χ2n) is 10.2. The Kier molecular flexibility index (Phi) is 7.89. The number of hydrogen-bond acceptors (Lipinski definition) is 3. The molecular formula is C30H37NO3. The molecule has 2 aromatic carbocycles. The molecule has 1 aromatic heterocycles. The molecule has 4 heteroatoms. The van der Waals surface area contributed by atoms with Crippen LogP contribution in [0.1, 0.15) is 73.8 Å². The van der Waals surface area contributed by atoms with E-state index in [0.29, 0.717) is 18.9 Å². The zero-order valence-corrected chi connectivity index (χ0v) is 20.6. The number of rotatable bonds is 9. The SMILES string of the molecule is Cc1ccc([C@H](CCNC(=O)C[C@H](c2ccccc2)[C@H]2CCOC(C)(C)C2)c2ccco2)cc1. The molecule has 0 saturated carbocycles. The standard InChI is InChI=1S/C30H37NO3/c1-22-11-13-24(14-12-22)26(28-10-7-18-33-28)15-17-31-29(32)20-27(23-8-5-4-6-9-23)25-16-19-34-30(2,3)21-25/h4-14,18,25-27H,15-17,19-21H2,1-3H3,(H,31,32)/t25-,26-,27+/m0/s1. The van der Waals surface area contributed by atoms with Gasteiger partial charge in [0.15, 0.2) is 0 Å². The summed E-state index contributed by atoms with van der Waals surface area (Å²) in [5.74, 6) is 1.80. The third-order valence-corrected chi connectivity index (χ3v) is 7.06. The summed E-state index contributed by atoms with van der Waals surface area (Å²) < 4.78 is 11.7. The number of benzene rings is 2. The fourth-order valence-electron chi connectivity index (χ4n) is 5.27. The van der Waals surface area contributed by atoms with E-state index in [-0.39, 0.29) is 23.3 Å². The molecule has 4 nitrogen and oxygen atoms in total. The topological polar surface area (TPSA) is 51.5 Å². The van der Waals surface area contributed by atoms with Gasteiger partial charge in [-0.25, -0.2) is 0 Å². The number of carbonyl (C=O) groups excluding carboxylic acids is 1. The first-order valence-corrected chi connectivity index (χ1v) is 12.5. The van der Waals surface area contributed by atoms with Crippen molar-refractivity contribution in [3.8, 4) is 0 Å². The second-order valence-corrected chi connectivity index (χ2v) is 10.2. The van der Waals surface area contributed by atoms with Crippen molar-refractivity contribution in [1.82, 2.24) is 5.32 Å². The largest absolute Gasteiger partial charge is 0.469 e. The number of amides is 1. The average Bonchev–Trinajstić information content (AvgIpc) is 3.36. The number of ether oxygens (including phenoxy) is 1. The highest BCUT2D eigenvalue weighted by Crippen LogP contribution is 2.40. The Morgan fingerprint density at radius 3 is 2.47 bits per heavy atom. The highest BCUT2D eigenvalue weighted by molar-refractivity contribution is 5.77. The van der Waals surface area contributed by atoms with Crippen LogP contribution < -0.4 is 5.32 Å². The monoisotopic (exact) mass is 459 g/mol.